The Balaban J connectivity index is 2.11. The van der Waals surface area contributed by atoms with Gasteiger partial charge in [0.15, 0.2) is 5.11 Å². The lowest BCUT2D eigenvalue weighted by atomic mass is 10.3. The molecule has 1 aromatic rings. The number of anilines is 1. The molecule has 0 aromatic heterocycles. The molecule has 1 aliphatic carbocycles. The summed E-state index contributed by atoms with van der Waals surface area (Å²) in [6.07, 6.45) is 2.44. The van der Waals surface area contributed by atoms with Gasteiger partial charge in [0.25, 0.3) is 0 Å². The Morgan fingerprint density at radius 3 is 2.75 bits per heavy atom. The number of hydrogen-bond donors (Lipinski definition) is 1. The van der Waals surface area contributed by atoms with Crippen LogP contribution in [0.15, 0.2) is 24.3 Å². The number of methoxy groups -OCH3 is 1. The maximum atomic E-state index is 5.34. The van der Waals surface area contributed by atoms with Gasteiger partial charge < -0.3 is 15.0 Å². The molecule has 0 radical (unpaired) electrons. The minimum absolute atomic E-state index is 0.574. The quantitative estimate of drug-likeness (QED) is 0.813. The minimum atomic E-state index is 0.574. The fourth-order valence-electron chi connectivity index (χ4n) is 1.52. The van der Waals surface area contributed by atoms with Crippen LogP contribution in [0.5, 0.6) is 5.75 Å². The normalized spacial score (nSPS) is 14.4. The molecule has 2 rings (SSSR count). The fourth-order valence-corrected chi connectivity index (χ4v) is 1.78. The summed E-state index contributed by atoms with van der Waals surface area (Å²) >= 11 is 5.34. The smallest absolute Gasteiger partial charge is 0.173 e. The van der Waals surface area contributed by atoms with Gasteiger partial charge in [-0.05, 0) is 37.2 Å². The first-order valence-corrected chi connectivity index (χ1v) is 5.80. The third-order valence-electron chi connectivity index (χ3n) is 2.66. The summed E-state index contributed by atoms with van der Waals surface area (Å²) in [5.41, 5.74) is 0.989. The van der Waals surface area contributed by atoms with Crippen molar-refractivity contribution in [1.82, 2.24) is 5.32 Å². The van der Waals surface area contributed by atoms with E-state index in [0.29, 0.717) is 6.04 Å². The van der Waals surface area contributed by atoms with Crippen LogP contribution in [-0.4, -0.2) is 25.3 Å². The lowest BCUT2D eigenvalue weighted by Crippen LogP contribution is -2.38. The molecular weight excluding hydrogens is 220 g/mol. The maximum absolute atomic E-state index is 5.34. The van der Waals surface area contributed by atoms with Crippen LogP contribution < -0.4 is 15.0 Å². The predicted octanol–water partition coefficient (Wildman–Crippen LogP) is 2.17. The zero-order valence-corrected chi connectivity index (χ0v) is 10.4. The zero-order valence-electron chi connectivity index (χ0n) is 9.56. The van der Waals surface area contributed by atoms with Crippen LogP contribution in [0.2, 0.25) is 0 Å². The molecule has 0 atom stereocenters. The molecule has 4 heteroatoms. The van der Waals surface area contributed by atoms with Crippen molar-refractivity contribution in [2.24, 2.45) is 0 Å². The summed E-state index contributed by atoms with van der Waals surface area (Å²) in [7, 11) is 3.62. The van der Waals surface area contributed by atoms with Crippen LogP contribution in [-0.2, 0) is 0 Å². The van der Waals surface area contributed by atoms with E-state index in [2.05, 4.69) is 5.32 Å². The molecular formula is C12H16N2OS. The number of benzene rings is 1. The maximum Gasteiger partial charge on any atom is 0.173 e. The van der Waals surface area contributed by atoms with E-state index >= 15 is 0 Å². The van der Waals surface area contributed by atoms with E-state index in [1.807, 2.05) is 36.2 Å². The second kappa shape index (κ2) is 4.70. The van der Waals surface area contributed by atoms with Gasteiger partial charge in [-0.2, -0.15) is 0 Å². The third-order valence-corrected chi connectivity index (χ3v) is 3.05. The Morgan fingerprint density at radius 2 is 2.12 bits per heavy atom. The molecule has 0 amide bonds. The molecule has 16 heavy (non-hydrogen) atoms. The predicted molar refractivity (Wildman–Crippen MR) is 70.2 cm³/mol. The summed E-state index contributed by atoms with van der Waals surface area (Å²) < 4.78 is 5.31. The van der Waals surface area contributed by atoms with E-state index in [1.165, 1.54) is 12.8 Å². The molecule has 0 saturated heterocycles. The van der Waals surface area contributed by atoms with Crippen LogP contribution in [0.3, 0.4) is 0 Å². The molecule has 3 nitrogen and oxygen atoms in total. The number of hydrogen-bond acceptors (Lipinski definition) is 2. The Bertz CT molecular complexity index is 390. The molecule has 1 aliphatic rings. The standard InChI is InChI=1S/C12H16N2OS/c1-14(12(16)13-9-7-8-9)10-5-3-4-6-11(10)15-2/h3-6,9H,7-8H2,1-2H3,(H,13,16). The molecule has 0 spiro atoms. The van der Waals surface area contributed by atoms with Crippen molar-refractivity contribution < 1.29 is 4.74 Å². The molecule has 1 saturated carbocycles. The number of nitrogens with zero attached hydrogens (tertiary/aromatic N) is 1. The third kappa shape index (κ3) is 2.44. The van der Waals surface area contributed by atoms with Gasteiger partial charge in [0, 0.05) is 13.1 Å². The van der Waals surface area contributed by atoms with Gasteiger partial charge >= 0.3 is 0 Å². The minimum Gasteiger partial charge on any atom is -0.495 e. The van der Waals surface area contributed by atoms with Gasteiger partial charge in [-0.25, -0.2) is 0 Å². The van der Waals surface area contributed by atoms with E-state index in [0.717, 1.165) is 16.5 Å². The van der Waals surface area contributed by atoms with Crippen molar-refractivity contribution in [1.29, 1.82) is 0 Å². The van der Waals surface area contributed by atoms with Crippen molar-refractivity contribution in [3.8, 4) is 5.75 Å². The topological polar surface area (TPSA) is 24.5 Å². The molecule has 0 unspecified atom stereocenters. The van der Waals surface area contributed by atoms with Crippen molar-refractivity contribution in [2.75, 3.05) is 19.1 Å². The highest BCUT2D eigenvalue weighted by molar-refractivity contribution is 7.80. The Kier molecular flexibility index (Phi) is 3.29. The SMILES string of the molecule is COc1ccccc1N(C)C(=S)NC1CC1. The summed E-state index contributed by atoms with van der Waals surface area (Å²) in [4.78, 5) is 1.95. The van der Waals surface area contributed by atoms with Crippen molar-refractivity contribution in [3.63, 3.8) is 0 Å². The van der Waals surface area contributed by atoms with Gasteiger partial charge in [-0.3, -0.25) is 0 Å². The molecule has 1 aromatic carbocycles. The van der Waals surface area contributed by atoms with Crippen molar-refractivity contribution in [3.05, 3.63) is 24.3 Å². The largest absolute Gasteiger partial charge is 0.495 e. The highest BCUT2D eigenvalue weighted by Gasteiger charge is 2.23. The average Bonchev–Trinajstić information content (AvgIpc) is 3.11. The molecule has 0 heterocycles. The number of rotatable bonds is 3. The van der Waals surface area contributed by atoms with E-state index in [1.54, 1.807) is 7.11 Å². The first-order valence-electron chi connectivity index (χ1n) is 5.39. The zero-order chi connectivity index (χ0) is 11.5. The second-order valence-electron chi connectivity index (χ2n) is 3.95. The lowest BCUT2D eigenvalue weighted by molar-refractivity contribution is 0.416. The summed E-state index contributed by atoms with van der Waals surface area (Å²) in [5, 5.41) is 4.06. The van der Waals surface area contributed by atoms with Crippen molar-refractivity contribution in [2.45, 2.75) is 18.9 Å². The van der Waals surface area contributed by atoms with E-state index < -0.39 is 0 Å². The van der Waals surface area contributed by atoms with E-state index in [-0.39, 0.29) is 0 Å². The van der Waals surface area contributed by atoms with Crippen LogP contribution in [0.25, 0.3) is 0 Å². The number of nitrogens with one attached hydrogen (secondary N) is 1. The lowest BCUT2D eigenvalue weighted by Gasteiger charge is -2.22. The van der Waals surface area contributed by atoms with E-state index in [9.17, 15) is 0 Å². The molecule has 1 fully saturated rings. The number of thiocarbonyl (C=S) groups is 1. The van der Waals surface area contributed by atoms with Gasteiger partial charge in [0.1, 0.15) is 5.75 Å². The van der Waals surface area contributed by atoms with E-state index in [4.69, 9.17) is 17.0 Å². The first kappa shape index (κ1) is 11.2. The summed E-state index contributed by atoms with van der Waals surface area (Å²) in [6.45, 7) is 0. The first-order chi connectivity index (χ1) is 7.72. The monoisotopic (exact) mass is 236 g/mol. The Labute approximate surface area is 101 Å². The Morgan fingerprint density at radius 1 is 1.44 bits per heavy atom. The highest BCUT2D eigenvalue weighted by Crippen LogP contribution is 2.27. The average molecular weight is 236 g/mol. The molecule has 86 valence electrons. The molecule has 1 N–H and O–H groups in total. The molecule has 0 aliphatic heterocycles. The fraction of sp³-hybridized carbons (Fsp3) is 0.417. The highest BCUT2D eigenvalue weighted by atomic mass is 32.1. The van der Waals surface area contributed by atoms with Gasteiger partial charge in [-0.1, -0.05) is 12.1 Å². The van der Waals surface area contributed by atoms with Gasteiger partial charge in [0.05, 0.1) is 12.8 Å². The van der Waals surface area contributed by atoms with Crippen LogP contribution in [0.4, 0.5) is 5.69 Å². The number of para-hydroxylation sites is 2. The summed E-state index contributed by atoms with van der Waals surface area (Å²) in [5.74, 6) is 0.838. The Hall–Kier alpha value is -1.29. The number of ether oxygens (including phenoxy) is 1. The van der Waals surface area contributed by atoms with Crippen molar-refractivity contribution >= 4 is 23.0 Å². The van der Waals surface area contributed by atoms with Gasteiger partial charge in [0.2, 0.25) is 0 Å². The van der Waals surface area contributed by atoms with Gasteiger partial charge in [-0.15, -0.1) is 0 Å². The van der Waals surface area contributed by atoms with Crippen LogP contribution in [0, 0.1) is 0 Å². The van der Waals surface area contributed by atoms with Crippen LogP contribution in [0.1, 0.15) is 12.8 Å². The molecule has 0 bridgehead atoms. The summed E-state index contributed by atoms with van der Waals surface area (Å²) in [6, 6.07) is 8.44. The van der Waals surface area contributed by atoms with Crippen LogP contribution >= 0.6 is 12.2 Å². The second-order valence-corrected chi connectivity index (χ2v) is 4.34.